The molecule has 0 spiro atoms. The average molecular weight is 208 g/mol. The summed E-state index contributed by atoms with van der Waals surface area (Å²) in [6.07, 6.45) is 1.63. The van der Waals surface area contributed by atoms with E-state index >= 15 is 0 Å². The molecule has 1 atom stereocenters. The van der Waals surface area contributed by atoms with Crippen LogP contribution in [0.1, 0.15) is 12.8 Å². The molecule has 2 rings (SSSR count). The Morgan fingerprint density at radius 1 is 1.33 bits per heavy atom. The molecule has 1 unspecified atom stereocenters. The normalized spacial score (nSPS) is 21.9. The number of carbonyl (C=O) groups excluding carboxylic acids is 1. The van der Waals surface area contributed by atoms with E-state index in [1.807, 2.05) is 0 Å². The zero-order valence-electron chi connectivity index (χ0n) is 8.32. The van der Waals surface area contributed by atoms with Gasteiger partial charge in [0, 0.05) is 12.2 Å². The van der Waals surface area contributed by atoms with Crippen LogP contribution in [0.2, 0.25) is 0 Å². The van der Waals surface area contributed by atoms with E-state index in [-0.39, 0.29) is 11.7 Å². The summed E-state index contributed by atoms with van der Waals surface area (Å²) in [6.45, 7) is 0.665. The molecule has 0 radical (unpaired) electrons. The Morgan fingerprint density at radius 2 is 2.00 bits per heavy atom. The lowest BCUT2D eigenvalue weighted by atomic mass is 10.1. The molecule has 1 saturated heterocycles. The summed E-state index contributed by atoms with van der Waals surface area (Å²) in [7, 11) is 0. The third-order valence-electron chi connectivity index (χ3n) is 2.62. The van der Waals surface area contributed by atoms with Crippen molar-refractivity contribution in [3.63, 3.8) is 0 Å². The van der Waals surface area contributed by atoms with Crippen LogP contribution >= 0.6 is 0 Å². The molecule has 4 heteroatoms. The number of benzene rings is 1. The Labute approximate surface area is 87.7 Å². The number of anilines is 1. The Morgan fingerprint density at radius 3 is 2.67 bits per heavy atom. The van der Waals surface area contributed by atoms with E-state index < -0.39 is 6.04 Å². The van der Waals surface area contributed by atoms with Gasteiger partial charge in [0.25, 0.3) is 0 Å². The predicted molar refractivity (Wildman–Crippen MR) is 56.0 cm³/mol. The van der Waals surface area contributed by atoms with Crippen molar-refractivity contribution in [3.8, 4) is 0 Å². The summed E-state index contributed by atoms with van der Waals surface area (Å²) < 4.78 is 12.7. The highest BCUT2D eigenvalue weighted by Crippen LogP contribution is 2.20. The molecule has 1 aliphatic heterocycles. The lowest BCUT2D eigenvalue weighted by Crippen LogP contribution is -2.48. The van der Waals surface area contributed by atoms with Gasteiger partial charge in [-0.15, -0.1) is 0 Å². The van der Waals surface area contributed by atoms with Gasteiger partial charge in [-0.2, -0.15) is 0 Å². The molecule has 0 aromatic heterocycles. The summed E-state index contributed by atoms with van der Waals surface area (Å²) in [5.74, 6) is -0.375. The Hall–Kier alpha value is -1.42. The zero-order valence-corrected chi connectivity index (χ0v) is 8.32. The van der Waals surface area contributed by atoms with Crippen LogP contribution in [-0.2, 0) is 4.79 Å². The van der Waals surface area contributed by atoms with Crippen LogP contribution in [0.25, 0.3) is 0 Å². The van der Waals surface area contributed by atoms with E-state index in [0.717, 1.165) is 18.5 Å². The van der Waals surface area contributed by atoms with Crippen molar-refractivity contribution >= 4 is 11.6 Å². The van der Waals surface area contributed by atoms with Gasteiger partial charge in [-0.05, 0) is 37.1 Å². The van der Waals surface area contributed by atoms with E-state index in [0.29, 0.717) is 6.54 Å². The first-order valence-electron chi connectivity index (χ1n) is 5.01. The van der Waals surface area contributed by atoms with Crippen molar-refractivity contribution in [1.29, 1.82) is 0 Å². The van der Waals surface area contributed by atoms with Gasteiger partial charge in [0.15, 0.2) is 0 Å². The molecular formula is C11H13FN2O. The molecule has 1 aromatic carbocycles. The maximum Gasteiger partial charge on any atom is 0.243 e. The highest BCUT2D eigenvalue weighted by molar-refractivity contribution is 5.97. The zero-order chi connectivity index (χ0) is 10.8. The van der Waals surface area contributed by atoms with Crippen molar-refractivity contribution in [2.75, 3.05) is 11.4 Å². The second-order valence-corrected chi connectivity index (χ2v) is 3.72. The number of hydrogen-bond donors (Lipinski definition) is 1. The van der Waals surface area contributed by atoms with Gasteiger partial charge in [-0.3, -0.25) is 4.79 Å². The average Bonchev–Trinajstić information content (AvgIpc) is 2.24. The van der Waals surface area contributed by atoms with E-state index in [4.69, 9.17) is 5.73 Å². The number of nitrogens with zero attached hydrogens (tertiary/aromatic N) is 1. The van der Waals surface area contributed by atoms with Crippen molar-refractivity contribution in [3.05, 3.63) is 30.1 Å². The maximum atomic E-state index is 12.7. The molecule has 1 amide bonds. The van der Waals surface area contributed by atoms with Crippen LogP contribution < -0.4 is 10.6 Å². The van der Waals surface area contributed by atoms with Crippen LogP contribution in [0, 0.1) is 5.82 Å². The number of rotatable bonds is 1. The first kappa shape index (κ1) is 10.1. The highest BCUT2D eigenvalue weighted by atomic mass is 19.1. The Kier molecular flexibility index (Phi) is 2.68. The second-order valence-electron chi connectivity index (χ2n) is 3.72. The number of carbonyl (C=O) groups is 1. The van der Waals surface area contributed by atoms with E-state index in [9.17, 15) is 9.18 Å². The SMILES string of the molecule is NC1CCCN(c2ccc(F)cc2)C1=O. The van der Waals surface area contributed by atoms with E-state index in [1.54, 1.807) is 17.0 Å². The van der Waals surface area contributed by atoms with Gasteiger partial charge in [-0.25, -0.2) is 4.39 Å². The first-order valence-corrected chi connectivity index (χ1v) is 5.01. The minimum atomic E-state index is -0.413. The molecule has 1 aromatic rings. The van der Waals surface area contributed by atoms with E-state index in [1.165, 1.54) is 12.1 Å². The summed E-state index contributed by atoms with van der Waals surface area (Å²) in [5, 5.41) is 0. The monoisotopic (exact) mass is 208 g/mol. The molecule has 15 heavy (non-hydrogen) atoms. The van der Waals surface area contributed by atoms with Gasteiger partial charge in [-0.1, -0.05) is 0 Å². The molecule has 0 aliphatic carbocycles. The quantitative estimate of drug-likeness (QED) is 0.755. The number of nitrogens with two attached hydrogens (primary N) is 1. The van der Waals surface area contributed by atoms with Crippen molar-refractivity contribution in [1.82, 2.24) is 0 Å². The molecule has 2 N–H and O–H groups in total. The number of amides is 1. The minimum absolute atomic E-state index is 0.0761. The Balaban J connectivity index is 2.22. The fraction of sp³-hybridized carbons (Fsp3) is 0.364. The number of hydrogen-bond acceptors (Lipinski definition) is 2. The van der Waals surface area contributed by atoms with Gasteiger partial charge in [0.2, 0.25) is 5.91 Å². The Bertz CT molecular complexity index is 363. The lowest BCUT2D eigenvalue weighted by molar-refractivity contribution is -0.120. The lowest BCUT2D eigenvalue weighted by Gasteiger charge is -2.30. The van der Waals surface area contributed by atoms with Crippen LogP contribution in [-0.4, -0.2) is 18.5 Å². The van der Waals surface area contributed by atoms with Crippen molar-refractivity contribution in [2.45, 2.75) is 18.9 Å². The summed E-state index contributed by atoms with van der Waals surface area (Å²) in [6, 6.07) is 5.49. The van der Waals surface area contributed by atoms with Crippen molar-refractivity contribution in [2.24, 2.45) is 5.73 Å². The molecule has 1 aliphatic rings. The number of halogens is 1. The van der Waals surface area contributed by atoms with Crippen molar-refractivity contribution < 1.29 is 9.18 Å². The fourth-order valence-electron chi connectivity index (χ4n) is 1.78. The third kappa shape index (κ3) is 1.99. The summed E-state index contributed by atoms with van der Waals surface area (Å²) in [5.41, 5.74) is 6.39. The van der Waals surface area contributed by atoms with Gasteiger partial charge in [0.05, 0.1) is 6.04 Å². The molecule has 3 nitrogen and oxygen atoms in total. The second kappa shape index (κ2) is 3.98. The van der Waals surface area contributed by atoms with E-state index in [2.05, 4.69) is 0 Å². The summed E-state index contributed by atoms with van der Waals surface area (Å²) in [4.78, 5) is 13.3. The third-order valence-corrected chi connectivity index (χ3v) is 2.62. The van der Waals surface area contributed by atoms with Crippen LogP contribution in [0.3, 0.4) is 0 Å². The van der Waals surface area contributed by atoms with Crippen LogP contribution in [0.5, 0.6) is 0 Å². The minimum Gasteiger partial charge on any atom is -0.320 e. The standard InChI is InChI=1S/C11H13FN2O/c12-8-3-5-9(6-4-8)14-7-1-2-10(13)11(14)15/h3-6,10H,1-2,7,13H2. The van der Waals surface area contributed by atoms with Gasteiger partial charge >= 0.3 is 0 Å². The molecular weight excluding hydrogens is 195 g/mol. The highest BCUT2D eigenvalue weighted by Gasteiger charge is 2.26. The molecule has 0 bridgehead atoms. The maximum absolute atomic E-state index is 12.7. The first-order chi connectivity index (χ1) is 7.18. The smallest absolute Gasteiger partial charge is 0.243 e. The topological polar surface area (TPSA) is 46.3 Å². The number of piperidine rings is 1. The van der Waals surface area contributed by atoms with Crippen LogP contribution in [0.15, 0.2) is 24.3 Å². The predicted octanol–water partition coefficient (Wildman–Crippen LogP) is 1.28. The molecule has 1 fully saturated rings. The molecule has 0 saturated carbocycles. The summed E-state index contributed by atoms with van der Waals surface area (Å²) >= 11 is 0. The molecule has 80 valence electrons. The molecule has 1 heterocycles. The fourth-order valence-corrected chi connectivity index (χ4v) is 1.78. The van der Waals surface area contributed by atoms with Gasteiger partial charge in [0.1, 0.15) is 5.82 Å². The largest absolute Gasteiger partial charge is 0.320 e. The van der Waals surface area contributed by atoms with Gasteiger partial charge < -0.3 is 10.6 Å². The van der Waals surface area contributed by atoms with Crippen LogP contribution in [0.4, 0.5) is 10.1 Å².